The number of anilines is 2. The van der Waals surface area contributed by atoms with E-state index in [4.69, 9.17) is 10.5 Å². The Morgan fingerprint density at radius 3 is 2.64 bits per heavy atom. The van der Waals surface area contributed by atoms with Gasteiger partial charge in [-0.3, -0.25) is 4.98 Å². The molecule has 0 saturated carbocycles. The maximum atomic E-state index is 14.5. The minimum Gasteiger partial charge on any atom is -0.493 e. The predicted molar refractivity (Wildman–Crippen MR) is 149 cm³/mol. The van der Waals surface area contributed by atoms with E-state index in [1.54, 1.807) is 12.1 Å². The zero-order chi connectivity index (χ0) is 28.5. The summed E-state index contributed by atoms with van der Waals surface area (Å²) in [4.78, 5) is 10.5. The van der Waals surface area contributed by atoms with Crippen molar-refractivity contribution in [3.05, 3.63) is 60.0 Å². The third-order valence-electron chi connectivity index (χ3n) is 6.61. The number of nitrogen functional groups attached to an aromatic ring is 1. The SMILES string of the molecule is CC(C)COc1cc(F)cc(-c2cc(N3C[C@@H](C)CC3(C)C)c(C(O)NS(=O)(=O)c3cccc(N)n3)cn2)c1. The molecule has 1 aromatic carbocycles. The number of hydrogen-bond donors (Lipinski definition) is 3. The van der Waals surface area contributed by atoms with Gasteiger partial charge in [0, 0.05) is 41.2 Å². The molecule has 2 atom stereocenters. The van der Waals surface area contributed by atoms with E-state index in [0.717, 1.165) is 6.42 Å². The Bertz CT molecular complexity index is 1450. The van der Waals surface area contributed by atoms with Gasteiger partial charge < -0.3 is 20.5 Å². The van der Waals surface area contributed by atoms with Crippen molar-refractivity contribution in [3.63, 3.8) is 0 Å². The van der Waals surface area contributed by atoms with Crippen molar-refractivity contribution in [1.82, 2.24) is 14.7 Å². The van der Waals surface area contributed by atoms with Crippen LogP contribution in [0.1, 0.15) is 52.8 Å². The summed E-state index contributed by atoms with van der Waals surface area (Å²) < 4.78 is 48.5. The fraction of sp³-hybridized carbons (Fsp3) is 0.429. The van der Waals surface area contributed by atoms with Gasteiger partial charge in [-0.05, 0) is 62.4 Å². The summed E-state index contributed by atoms with van der Waals surface area (Å²) in [5, 5.41) is 10.8. The first-order valence-corrected chi connectivity index (χ1v) is 14.4. The van der Waals surface area contributed by atoms with Crippen LogP contribution < -0.4 is 20.1 Å². The summed E-state index contributed by atoms with van der Waals surface area (Å²) in [6, 6.07) is 10.4. The van der Waals surface area contributed by atoms with Gasteiger partial charge in [-0.1, -0.05) is 26.8 Å². The number of aliphatic hydroxyl groups is 1. The summed E-state index contributed by atoms with van der Waals surface area (Å²) in [5.74, 6) is 0.603. The fourth-order valence-corrected chi connectivity index (χ4v) is 6.00. The highest BCUT2D eigenvalue weighted by molar-refractivity contribution is 7.89. The minimum atomic E-state index is -4.20. The number of sulfonamides is 1. The first kappa shape index (κ1) is 28.7. The van der Waals surface area contributed by atoms with Crippen LogP contribution >= 0.6 is 0 Å². The lowest BCUT2D eigenvalue weighted by Crippen LogP contribution is -2.40. The van der Waals surface area contributed by atoms with Crippen LogP contribution in [0.4, 0.5) is 15.9 Å². The molecule has 0 bridgehead atoms. The Morgan fingerprint density at radius 1 is 1.26 bits per heavy atom. The van der Waals surface area contributed by atoms with Crippen LogP contribution in [0.25, 0.3) is 11.3 Å². The molecule has 0 amide bonds. The minimum absolute atomic E-state index is 0.0405. The molecule has 1 aliphatic heterocycles. The van der Waals surface area contributed by atoms with Crippen molar-refractivity contribution >= 4 is 21.5 Å². The summed E-state index contributed by atoms with van der Waals surface area (Å²) in [6.07, 6.45) is 0.689. The maximum Gasteiger partial charge on any atom is 0.260 e. The lowest BCUT2D eigenvalue weighted by Gasteiger charge is -2.36. The highest BCUT2D eigenvalue weighted by Crippen LogP contribution is 2.41. The molecule has 0 spiro atoms. The van der Waals surface area contributed by atoms with Gasteiger partial charge in [-0.25, -0.2) is 17.8 Å². The Morgan fingerprint density at radius 2 is 2.00 bits per heavy atom. The van der Waals surface area contributed by atoms with Gasteiger partial charge in [0.1, 0.15) is 23.6 Å². The third-order valence-corrected chi connectivity index (χ3v) is 7.92. The van der Waals surface area contributed by atoms with Crippen molar-refractivity contribution in [2.75, 3.05) is 23.8 Å². The molecule has 0 radical (unpaired) electrons. The summed E-state index contributed by atoms with van der Waals surface area (Å²) in [7, 11) is -4.20. The molecule has 1 saturated heterocycles. The molecule has 11 heteroatoms. The van der Waals surface area contributed by atoms with E-state index in [9.17, 15) is 17.9 Å². The number of hydrogen-bond acceptors (Lipinski definition) is 8. The highest BCUT2D eigenvalue weighted by Gasteiger charge is 2.38. The van der Waals surface area contributed by atoms with Crippen LogP contribution in [-0.4, -0.2) is 42.2 Å². The lowest BCUT2D eigenvalue weighted by molar-refractivity contribution is 0.166. The molecule has 0 aliphatic carbocycles. The number of halogens is 1. The van der Waals surface area contributed by atoms with E-state index < -0.39 is 22.1 Å². The van der Waals surface area contributed by atoms with Gasteiger partial charge in [0.2, 0.25) is 0 Å². The topological polar surface area (TPSA) is 131 Å². The highest BCUT2D eigenvalue weighted by atomic mass is 32.2. The van der Waals surface area contributed by atoms with Crippen LogP contribution in [-0.2, 0) is 10.0 Å². The second-order valence-electron chi connectivity index (χ2n) is 11.2. The number of nitrogens with one attached hydrogen (secondary N) is 1. The molecule has 210 valence electrons. The third kappa shape index (κ3) is 6.66. The van der Waals surface area contributed by atoms with E-state index in [-0.39, 0.29) is 27.9 Å². The average molecular weight is 558 g/mol. The van der Waals surface area contributed by atoms with E-state index in [1.165, 1.54) is 36.5 Å². The van der Waals surface area contributed by atoms with Crippen LogP contribution in [0.15, 0.2) is 53.7 Å². The van der Waals surface area contributed by atoms with Crippen LogP contribution in [0.2, 0.25) is 0 Å². The van der Waals surface area contributed by atoms with Gasteiger partial charge in [-0.2, -0.15) is 4.72 Å². The maximum absolute atomic E-state index is 14.5. The molecular weight excluding hydrogens is 521 g/mol. The second-order valence-corrected chi connectivity index (χ2v) is 12.8. The zero-order valence-electron chi connectivity index (χ0n) is 22.8. The van der Waals surface area contributed by atoms with Gasteiger partial charge in [0.05, 0.1) is 12.3 Å². The van der Waals surface area contributed by atoms with Gasteiger partial charge in [0.25, 0.3) is 10.0 Å². The van der Waals surface area contributed by atoms with Crippen LogP contribution in [0.5, 0.6) is 5.75 Å². The molecule has 1 unspecified atom stereocenters. The molecule has 1 fully saturated rings. The molecule has 4 N–H and O–H groups in total. The number of pyridine rings is 2. The summed E-state index contributed by atoms with van der Waals surface area (Å²) in [6.45, 7) is 11.5. The number of nitrogens with two attached hydrogens (primary N) is 1. The smallest absolute Gasteiger partial charge is 0.260 e. The van der Waals surface area contributed by atoms with Crippen molar-refractivity contribution in [2.45, 2.75) is 57.8 Å². The normalized spacial score (nSPS) is 17.9. The lowest BCUT2D eigenvalue weighted by atomic mass is 9.97. The van der Waals surface area contributed by atoms with Crippen LogP contribution in [0.3, 0.4) is 0 Å². The van der Waals surface area contributed by atoms with Crippen molar-refractivity contribution in [3.8, 4) is 17.0 Å². The van der Waals surface area contributed by atoms with E-state index >= 15 is 0 Å². The van der Waals surface area contributed by atoms with Gasteiger partial charge >= 0.3 is 0 Å². The molecule has 4 rings (SSSR count). The predicted octanol–water partition coefficient (Wildman–Crippen LogP) is 4.49. The number of aliphatic hydroxyl groups excluding tert-OH is 1. The largest absolute Gasteiger partial charge is 0.493 e. The number of rotatable bonds is 9. The molecule has 1 aliphatic rings. The van der Waals surface area contributed by atoms with Gasteiger partial charge in [0.15, 0.2) is 5.03 Å². The molecular formula is C28H36FN5O4S. The zero-order valence-corrected chi connectivity index (χ0v) is 23.7. The second kappa shape index (κ2) is 11.1. The summed E-state index contributed by atoms with van der Waals surface area (Å²) in [5.41, 5.74) is 7.20. The number of benzene rings is 1. The molecule has 3 aromatic rings. The van der Waals surface area contributed by atoms with Crippen molar-refractivity contribution < 1.29 is 22.7 Å². The molecule has 9 nitrogen and oxygen atoms in total. The Labute approximate surface area is 229 Å². The monoisotopic (exact) mass is 557 g/mol. The fourth-order valence-electron chi connectivity index (χ4n) is 4.98. The number of nitrogens with zero attached hydrogens (tertiary/aromatic N) is 3. The molecule has 2 aromatic heterocycles. The first-order valence-electron chi connectivity index (χ1n) is 12.9. The Kier molecular flexibility index (Phi) is 8.15. The quantitative estimate of drug-likeness (QED) is 0.328. The first-order chi connectivity index (χ1) is 18.2. The number of aromatic nitrogens is 2. The van der Waals surface area contributed by atoms with Crippen LogP contribution in [0, 0.1) is 17.7 Å². The van der Waals surface area contributed by atoms with E-state index in [2.05, 4.69) is 40.4 Å². The standard InChI is InChI=1S/C28H36FN5O4S/c1-17(2)16-38-21-10-19(9-20(29)11-21)23-12-24(34-15-18(3)13-28(34,4)5)22(14-31-23)27(35)33-39(36,37)26-8-6-7-25(30)32-26/h6-12,14,17-18,27,33,35H,13,15-16H2,1-5H3,(H2,30,32)/t18-,27?/m0/s1. The Balaban J connectivity index is 1.76. The average Bonchev–Trinajstić information content (AvgIpc) is 3.13. The molecule has 39 heavy (non-hydrogen) atoms. The number of ether oxygens (including phenoxy) is 1. The Hall–Kier alpha value is -3.28. The molecule has 3 heterocycles. The van der Waals surface area contributed by atoms with Crippen molar-refractivity contribution in [2.24, 2.45) is 11.8 Å². The van der Waals surface area contributed by atoms with Crippen molar-refractivity contribution in [1.29, 1.82) is 0 Å². The van der Waals surface area contributed by atoms with E-state index in [0.29, 0.717) is 41.8 Å². The summed E-state index contributed by atoms with van der Waals surface area (Å²) >= 11 is 0. The van der Waals surface area contributed by atoms with Gasteiger partial charge in [-0.15, -0.1) is 0 Å². The van der Waals surface area contributed by atoms with E-state index in [1.807, 2.05) is 13.8 Å².